The topological polar surface area (TPSA) is 64.7 Å². The number of hydrogen-bond acceptors (Lipinski definition) is 4. The number of hydrogen-bond donors (Lipinski definition) is 1. The number of nitrogens with two attached hydrogens (primary N) is 1. The van der Waals surface area contributed by atoms with Gasteiger partial charge in [0.05, 0.1) is 0 Å². The van der Waals surface area contributed by atoms with Crippen LogP contribution in [0.5, 0.6) is 0 Å². The van der Waals surface area contributed by atoms with E-state index in [1.54, 1.807) is 0 Å². The zero-order valence-corrected chi connectivity index (χ0v) is 10.2. The molecular weight excluding hydrogens is 236 g/mol. The molecule has 1 heterocycles. The van der Waals surface area contributed by atoms with Crippen LogP contribution >= 0.6 is 11.6 Å². The number of nitrogen functional groups attached to an aromatic ring is 1. The normalized spacial score (nSPS) is 12.4. The minimum Gasteiger partial charge on any atom is -0.368 e. The SMILES string of the molecule is CC(Cc1nc(N)nc(Cl)n1)c1ccccc1. The van der Waals surface area contributed by atoms with Crippen LogP contribution in [0.3, 0.4) is 0 Å². The quantitative estimate of drug-likeness (QED) is 0.906. The van der Waals surface area contributed by atoms with Crippen LogP contribution in [0.15, 0.2) is 30.3 Å². The van der Waals surface area contributed by atoms with Crippen molar-refractivity contribution < 1.29 is 0 Å². The van der Waals surface area contributed by atoms with Gasteiger partial charge in [0.25, 0.3) is 0 Å². The van der Waals surface area contributed by atoms with Gasteiger partial charge in [-0.3, -0.25) is 0 Å². The van der Waals surface area contributed by atoms with Crippen LogP contribution in [-0.4, -0.2) is 15.0 Å². The van der Waals surface area contributed by atoms with Gasteiger partial charge in [0.1, 0.15) is 5.82 Å². The Morgan fingerprint density at radius 1 is 1.18 bits per heavy atom. The Kier molecular flexibility index (Phi) is 3.54. The van der Waals surface area contributed by atoms with Gasteiger partial charge in [-0.25, -0.2) is 4.98 Å². The Balaban J connectivity index is 2.16. The molecule has 0 saturated carbocycles. The van der Waals surface area contributed by atoms with E-state index in [-0.39, 0.29) is 11.2 Å². The predicted molar refractivity (Wildman–Crippen MR) is 67.8 cm³/mol. The summed E-state index contributed by atoms with van der Waals surface area (Å²) in [5.41, 5.74) is 6.77. The molecule has 0 spiro atoms. The molecule has 0 bridgehead atoms. The number of rotatable bonds is 3. The second kappa shape index (κ2) is 5.10. The molecule has 1 aromatic heterocycles. The van der Waals surface area contributed by atoms with Crippen LogP contribution in [0.25, 0.3) is 0 Å². The van der Waals surface area contributed by atoms with Crippen LogP contribution < -0.4 is 5.73 Å². The third kappa shape index (κ3) is 3.14. The summed E-state index contributed by atoms with van der Waals surface area (Å²) in [5, 5.41) is 0.146. The van der Waals surface area contributed by atoms with E-state index in [0.717, 1.165) is 0 Å². The fourth-order valence-electron chi connectivity index (χ4n) is 1.67. The van der Waals surface area contributed by atoms with E-state index in [4.69, 9.17) is 17.3 Å². The molecule has 0 fully saturated rings. The first-order chi connectivity index (χ1) is 8.15. The summed E-state index contributed by atoms with van der Waals surface area (Å²) in [7, 11) is 0. The highest BCUT2D eigenvalue weighted by Crippen LogP contribution is 2.18. The van der Waals surface area contributed by atoms with Crippen molar-refractivity contribution >= 4 is 17.5 Å². The van der Waals surface area contributed by atoms with Crippen molar-refractivity contribution in [1.82, 2.24) is 15.0 Å². The van der Waals surface area contributed by atoms with E-state index < -0.39 is 0 Å². The molecular formula is C12H13ClN4. The number of nitrogens with zero attached hydrogens (tertiary/aromatic N) is 3. The first-order valence-corrected chi connectivity index (χ1v) is 5.74. The van der Waals surface area contributed by atoms with Gasteiger partial charge >= 0.3 is 0 Å². The van der Waals surface area contributed by atoms with Crippen molar-refractivity contribution in [2.45, 2.75) is 19.3 Å². The van der Waals surface area contributed by atoms with Gasteiger partial charge in [-0.2, -0.15) is 9.97 Å². The summed E-state index contributed by atoms with van der Waals surface area (Å²) in [5.74, 6) is 1.10. The van der Waals surface area contributed by atoms with Crippen molar-refractivity contribution in [3.8, 4) is 0 Å². The average molecular weight is 249 g/mol. The summed E-state index contributed by atoms with van der Waals surface area (Å²) in [6.45, 7) is 2.11. The number of anilines is 1. The highest BCUT2D eigenvalue weighted by Gasteiger charge is 2.10. The Morgan fingerprint density at radius 2 is 1.88 bits per heavy atom. The summed E-state index contributed by atoms with van der Waals surface area (Å²) in [4.78, 5) is 11.9. The zero-order chi connectivity index (χ0) is 12.3. The van der Waals surface area contributed by atoms with E-state index in [2.05, 4.69) is 34.0 Å². The molecule has 2 N–H and O–H groups in total. The zero-order valence-electron chi connectivity index (χ0n) is 9.47. The Labute approximate surface area is 105 Å². The van der Waals surface area contributed by atoms with Crippen molar-refractivity contribution in [3.05, 3.63) is 47.0 Å². The van der Waals surface area contributed by atoms with Gasteiger partial charge in [-0.05, 0) is 23.1 Å². The maximum atomic E-state index is 5.74. The lowest BCUT2D eigenvalue weighted by Gasteiger charge is -2.10. The molecule has 0 aliphatic rings. The predicted octanol–water partition coefficient (Wildman–Crippen LogP) is 2.45. The van der Waals surface area contributed by atoms with Crippen LogP contribution in [0, 0.1) is 0 Å². The van der Waals surface area contributed by atoms with Crippen molar-refractivity contribution in [3.63, 3.8) is 0 Å². The minimum atomic E-state index is 0.146. The van der Waals surface area contributed by atoms with Crippen molar-refractivity contribution in [2.75, 3.05) is 5.73 Å². The largest absolute Gasteiger partial charge is 0.368 e. The highest BCUT2D eigenvalue weighted by atomic mass is 35.5. The molecule has 1 unspecified atom stereocenters. The Hall–Kier alpha value is -1.68. The van der Waals surface area contributed by atoms with Crippen LogP contribution in [0.2, 0.25) is 5.28 Å². The first kappa shape index (κ1) is 11.8. The fraction of sp³-hybridized carbons (Fsp3) is 0.250. The van der Waals surface area contributed by atoms with Gasteiger partial charge in [-0.1, -0.05) is 37.3 Å². The fourth-order valence-corrected chi connectivity index (χ4v) is 1.86. The summed E-state index contributed by atoms with van der Waals surface area (Å²) in [6.07, 6.45) is 0.691. The molecule has 0 saturated heterocycles. The van der Waals surface area contributed by atoms with Crippen LogP contribution in [0.1, 0.15) is 24.2 Å². The van der Waals surface area contributed by atoms with Gasteiger partial charge in [0.2, 0.25) is 11.2 Å². The van der Waals surface area contributed by atoms with E-state index in [9.17, 15) is 0 Å². The molecule has 2 rings (SSSR count). The summed E-state index contributed by atoms with van der Waals surface area (Å²) in [6, 6.07) is 10.2. The van der Waals surface area contributed by atoms with Gasteiger partial charge < -0.3 is 5.73 Å². The second-order valence-corrected chi connectivity index (χ2v) is 4.23. The molecule has 0 radical (unpaired) electrons. The molecule has 0 amide bonds. The van der Waals surface area contributed by atoms with Crippen LogP contribution in [0.4, 0.5) is 5.95 Å². The lowest BCUT2D eigenvalue weighted by molar-refractivity contribution is 0.713. The molecule has 88 valence electrons. The Morgan fingerprint density at radius 3 is 2.53 bits per heavy atom. The number of benzene rings is 1. The highest BCUT2D eigenvalue weighted by molar-refractivity contribution is 6.28. The molecule has 5 heteroatoms. The second-order valence-electron chi connectivity index (χ2n) is 3.89. The summed E-state index contributed by atoms with van der Waals surface area (Å²) >= 11 is 5.74. The van der Waals surface area contributed by atoms with Crippen molar-refractivity contribution in [2.24, 2.45) is 0 Å². The molecule has 2 aromatic rings. The first-order valence-electron chi connectivity index (χ1n) is 5.36. The van der Waals surface area contributed by atoms with E-state index in [1.807, 2.05) is 18.2 Å². The maximum Gasteiger partial charge on any atom is 0.227 e. The van der Waals surface area contributed by atoms with Crippen molar-refractivity contribution in [1.29, 1.82) is 0 Å². The Bertz CT molecular complexity index is 481. The maximum absolute atomic E-state index is 5.74. The van der Waals surface area contributed by atoms with Gasteiger partial charge in [-0.15, -0.1) is 0 Å². The molecule has 0 aliphatic heterocycles. The molecule has 4 nitrogen and oxygen atoms in total. The van der Waals surface area contributed by atoms with Gasteiger partial charge in [0, 0.05) is 6.42 Å². The van der Waals surface area contributed by atoms with Gasteiger partial charge in [0.15, 0.2) is 0 Å². The smallest absolute Gasteiger partial charge is 0.227 e. The molecule has 1 aromatic carbocycles. The van der Waals surface area contributed by atoms with Crippen LogP contribution in [-0.2, 0) is 6.42 Å². The third-order valence-corrected chi connectivity index (χ3v) is 2.70. The average Bonchev–Trinajstić information content (AvgIpc) is 2.28. The van der Waals surface area contributed by atoms with E-state index in [1.165, 1.54) is 5.56 Å². The molecule has 1 atom stereocenters. The molecule has 17 heavy (non-hydrogen) atoms. The monoisotopic (exact) mass is 248 g/mol. The standard InChI is InChI=1S/C12H13ClN4/c1-8(9-5-3-2-4-6-9)7-10-15-11(13)17-12(14)16-10/h2-6,8H,7H2,1H3,(H2,14,15,16,17). The lowest BCUT2D eigenvalue weighted by atomic mass is 9.98. The number of halogens is 1. The molecule has 0 aliphatic carbocycles. The number of aromatic nitrogens is 3. The van der Waals surface area contributed by atoms with E-state index >= 15 is 0 Å². The summed E-state index contributed by atoms with van der Waals surface area (Å²) < 4.78 is 0. The minimum absolute atomic E-state index is 0.146. The van der Waals surface area contributed by atoms with E-state index in [0.29, 0.717) is 18.2 Å². The third-order valence-electron chi connectivity index (χ3n) is 2.53. The lowest BCUT2D eigenvalue weighted by Crippen LogP contribution is -2.07.